The van der Waals surface area contributed by atoms with Gasteiger partial charge in [-0.25, -0.2) is 4.21 Å². The zero-order valence-corrected chi connectivity index (χ0v) is 6.11. The van der Waals surface area contributed by atoms with Gasteiger partial charge in [-0.2, -0.15) is 4.83 Å². The van der Waals surface area contributed by atoms with Gasteiger partial charge in [-0.1, -0.05) is 0 Å². The van der Waals surface area contributed by atoms with E-state index in [0.717, 1.165) is 0 Å². The predicted molar refractivity (Wildman–Crippen MR) is 37.3 cm³/mol. The summed E-state index contributed by atoms with van der Waals surface area (Å²) < 4.78 is 18.5. The lowest BCUT2D eigenvalue weighted by atomic mass is 11.0. The SMILES string of the molecule is O=S(O)CN1C=CSN1. The molecule has 52 valence electrons. The van der Waals surface area contributed by atoms with Crippen LogP contribution in [0.3, 0.4) is 0 Å². The van der Waals surface area contributed by atoms with Crippen LogP contribution in [0.5, 0.6) is 0 Å². The van der Waals surface area contributed by atoms with E-state index in [2.05, 4.69) is 4.83 Å². The van der Waals surface area contributed by atoms with Crippen molar-refractivity contribution in [3.63, 3.8) is 0 Å². The molecule has 0 aromatic rings. The van der Waals surface area contributed by atoms with Crippen molar-refractivity contribution >= 4 is 23.0 Å². The number of nitrogens with zero attached hydrogens (tertiary/aromatic N) is 1. The summed E-state index contributed by atoms with van der Waals surface area (Å²) in [5, 5.41) is 3.34. The normalized spacial score (nSPS) is 20.8. The van der Waals surface area contributed by atoms with Crippen LogP contribution in [0, 0.1) is 0 Å². The molecule has 0 amide bonds. The van der Waals surface area contributed by atoms with E-state index in [4.69, 9.17) is 4.55 Å². The molecule has 1 heterocycles. The van der Waals surface area contributed by atoms with E-state index in [9.17, 15) is 4.21 Å². The largest absolute Gasteiger partial charge is 0.305 e. The standard InChI is InChI=1S/C3H6N2O2S2/c6-9(7)3-5-1-2-8-4-5/h1-2,4H,3H2,(H,6,7). The molecule has 1 unspecified atom stereocenters. The molecule has 9 heavy (non-hydrogen) atoms. The summed E-state index contributed by atoms with van der Waals surface area (Å²) in [5.41, 5.74) is 0. The average Bonchev–Trinajstić information content (AvgIpc) is 2.15. The Morgan fingerprint density at radius 2 is 2.67 bits per heavy atom. The molecule has 0 saturated heterocycles. The van der Waals surface area contributed by atoms with E-state index >= 15 is 0 Å². The smallest absolute Gasteiger partial charge is 0.174 e. The van der Waals surface area contributed by atoms with Crippen LogP contribution >= 0.6 is 11.9 Å². The zero-order chi connectivity index (χ0) is 6.69. The summed E-state index contributed by atoms with van der Waals surface area (Å²) >= 11 is -0.383. The molecule has 0 spiro atoms. The van der Waals surface area contributed by atoms with Crippen molar-refractivity contribution in [2.75, 3.05) is 5.88 Å². The molecule has 6 heteroatoms. The summed E-state index contributed by atoms with van der Waals surface area (Å²) in [6.07, 6.45) is 1.71. The Kier molecular flexibility index (Phi) is 2.52. The lowest BCUT2D eigenvalue weighted by Crippen LogP contribution is -2.27. The molecule has 2 N–H and O–H groups in total. The first-order valence-corrected chi connectivity index (χ1v) is 4.36. The highest BCUT2D eigenvalue weighted by molar-refractivity contribution is 8.00. The van der Waals surface area contributed by atoms with Crippen LogP contribution in [0.2, 0.25) is 0 Å². The molecule has 0 saturated carbocycles. The second-order valence-electron chi connectivity index (χ2n) is 1.41. The van der Waals surface area contributed by atoms with Gasteiger partial charge in [-0.05, 0) is 11.9 Å². The van der Waals surface area contributed by atoms with Crippen LogP contribution in [0.4, 0.5) is 0 Å². The Labute approximate surface area is 59.7 Å². The summed E-state index contributed by atoms with van der Waals surface area (Å²) in [4.78, 5) is 2.77. The zero-order valence-electron chi connectivity index (χ0n) is 4.48. The average molecular weight is 166 g/mol. The highest BCUT2D eigenvalue weighted by Crippen LogP contribution is 2.07. The van der Waals surface area contributed by atoms with E-state index in [-0.39, 0.29) is 5.88 Å². The fourth-order valence-electron chi connectivity index (χ4n) is 0.421. The van der Waals surface area contributed by atoms with Crippen molar-refractivity contribution in [3.8, 4) is 0 Å². The Hall–Kier alpha value is -0.0400. The topological polar surface area (TPSA) is 52.6 Å². The molecule has 0 aromatic heterocycles. The van der Waals surface area contributed by atoms with E-state index < -0.39 is 11.1 Å². The van der Waals surface area contributed by atoms with Crippen LogP contribution in [0.15, 0.2) is 11.6 Å². The summed E-state index contributed by atoms with van der Waals surface area (Å²) in [5.74, 6) is 0.115. The Bertz CT molecular complexity index is 149. The highest BCUT2D eigenvalue weighted by Gasteiger charge is 2.05. The molecule has 1 rings (SSSR count). The Morgan fingerprint density at radius 1 is 1.89 bits per heavy atom. The van der Waals surface area contributed by atoms with Crippen molar-refractivity contribution in [2.45, 2.75) is 0 Å². The van der Waals surface area contributed by atoms with Crippen molar-refractivity contribution in [3.05, 3.63) is 11.6 Å². The van der Waals surface area contributed by atoms with Gasteiger partial charge in [0.1, 0.15) is 5.88 Å². The van der Waals surface area contributed by atoms with Gasteiger partial charge in [0.2, 0.25) is 0 Å². The Morgan fingerprint density at radius 3 is 3.11 bits per heavy atom. The quantitative estimate of drug-likeness (QED) is 0.450. The van der Waals surface area contributed by atoms with Crippen LogP contribution in [-0.4, -0.2) is 19.6 Å². The fourth-order valence-corrected chi connectivity index (χ4v) is 1.42. The van der Waals surface area contributed by atoms with E-state index in [0.29, 0.717) is 0 Å². The van der Waals surface area contributed by atoms with E-state index in [1.54, 1.807) is 16.6 Å². The Balaban J connectivity index is 2.28. The molecule has 1 atom stereocenters. The highest BCUT2D eigenvalue weighted by atomic mass is 32.2. The minimum absolute atomic E-state index is 0.115. The van der Waals surface area contributed by atoms with Gasteiger partial charge in [0, 0.05) is 11.6 Å². The molecular formula is C3H6N2O2S2. The van der Waals surface area contributed by atoms with Crippen molar-refractivity contribution in [1.29, 1.82) is 0 Å². The van der Waals surface area contributed by atoms with Gasteiger partial charge in [0.05, 0.1) is 0 Å². The molecular weight excluding hydrogens is 160 g/mol. The fraction of sp³-hybridized carbons (Fsp3) is 0.333. The number of hydrogen-bond acceptors (Lipinski definition) is 4. The van der Waals surface area contributed by atoms with Crippen LogP contribution in [-0.2, 0) is 11.1 Å². The van der Waals surface area contributed by atoms with Crippen molar-refractivity contribution in [2.24, 2.45) is 0 Å². The molecule has 0 fully saturated rings. The first-order chi connectivity index (χ1) is 4.29. The number of nitrogens with one attached hydrogen (secondary N) is 1. The van der Waals surface area contributed by atoms with Crippen molar-refractivity contribution in [1.82, 2.24) is 9.84 Å². The van der Waals surface area contributed by atoms with Crippen LogP contribution in [0.25, 0.3) is 0 Å². The molecule has 0 aliphatic carbocycles. The lowest BCUT2D eigenvalue weighted by molar-refractivity contribution is 0.406. The minimum atomic E-state index is -1.76. The van der Waals surface area contributed by atoms with Crippen LogP contribution < -0.4 is 4.83 Å². The van der Waals surface area contributed by atoms with Crippen LogP contribution in [0.1, 0.15) is 0 Å². The van der Waals surface area contributed by atoms with Gasteiger partial charge < -0.3 is 4.55 Å². The molecule has 0 radical (unpaired) electrons. The second-order valence-corrected chi connectivity index (χ2v) is 3.01. The monoisotopic (exact) mass is 166 g/mol. The first-order valence-electron chi connectivity index (χ1n) is 2.21. The maximum absolute atomic E-state index is 10.1. The van der Waals surface area contributed by atoms with Gasteiger partial charge in [0.25, 0.3) is 0 Å². The maximum atomic E-state index is 10.1. The summed E-state index contributed by atoms with van der Waals surface area (Å²) in [7, 11) is 0. The van der Waals surface area contributed by atoms with Crippen molar-refractivity contribution < 1.29 is 8.76 Å². The minimum Gasteiger partial charge on any atom is -0.305 e. The third-order valence-electron chi connectivity index (χ3n) is 0.728. The number of rotatable bonds is 2. The van der Waals surface area contributed by atoms with Gasteiger partial charge in [0.15, 0.2) is 11.1 Å². The molecule has 0 aromatic carbocycles. The summed E-state index contributed by atoms with van der Waals surface area (Å²) in [6.45, 7) is 0. The molecule has 1 aliphatic rings. The third-order valence-corrected chi connectivity index (χ3v) is 1.83. The number of hydrazine groups is 1. The lowest BCUT2D eigenvalue weighted by Gasteiger charge is -2.10. The van der Waals surface area contributed by atoms with E-state index in [1.165, 1.54) is 11.9 Å². The second kappa shape index (κ2) is 3.21. The molecule has 4 nitrogen and oxygen atoms in total. The third kappa shape index (κ3) is 2.35. The van der Waals surface area contributed by atoms with Gasteiger partial charge in [-0.3, -0.25) is 5.01 Å². The molecule has 1 aliphatic heterocycles. The summed E-state index contributed by atoms with van der Waals surface area (Å²) in [6, 6.07) is 0. The molecule has 0 bridgehead atoms. The predicted octanol–water partition coefficient (Wildman–Crippen LogP) is 0.105. The first kappa shape index (κ1) is 7.07. The van der Waals surface area contributed by atoms with Gasteiger partial charge >= 0.3 is 0 Å². The van der Waals surface area contributed by atoms with Gasteiger partial charge in [-0.15, -0.1) is 0 Å². The number of hydrogen-bond donors (Lipinski definition) is 2. The van der Waals surface area contributed by atoms with E-state index in [1.807, 2.05) is 0 Å². The maximum Gasteiger partial charge on any atom is 0.174 e.